The predicted octanol–water partition coefficient (Wildman–Crippen LogP) is 2.98. The maximum Gasteiger partial charge on any atom is 0.0772 e. The molecule has 4 heteroatoms. The van der Waals surface area contributed by atoms with E-state index in [1.54, 1.807) is 18.7 Å². The quantitative estimate of drug-likeness (QED) is 0.838. The first-order valence-corrected chi connectivity index (χ1v) is 6.47. The van der Waals surface area contributed by atoms with E-state index in [-0.39, 0.29) is 11.9 Å². The second-order valence-corrected chi connectivity index (χ2v) is 5.84. The third-order valence-corrected chi connectivity index (χ3v) is 3.78. The standard InChI is InChI=1S/C11H15BrO2S/c1-7(6-13)15-9-3-4-10(8(2)14)11(12)5-9/h3-5,7-8,13-14H,6H2,1-2H3/t7?,8-/m0/s1. The van der Waals surface area contributed by atoms with E-state index in [1.165, 1.54) is 0 Å². The zero-order valence-electron chi connectivity index (χ0n) is 8.77. The van der Waals surface area contributed by atoms with Gasteiger partial charge >= 0.3 is 0 Å². The molecule has 0 bridgehead atoms. The van der Waals surface area contributed by atoms with Crippen molar-refractivity contribution >= 4 is 27.7 Å². The van der Waals surface area contributed by atoms with Gasteiger partial charge in [0.15, 0.2) is 0 Å². The second-order valence-electron chi connectivity index (χ2n) is 3.47. The van der Waals surface area contributed by atoms with E-state index in [0.29, 0.717) is 0 Å². The number of hydrogen-bond acceptors (Lipinski definition) is 3. The molecule has 0 aliphatic carbocycles. The molecule has 0 fully saturated rings. The van der Waals surface area contributed by atoms with Crippen molar-refractivity contribution in [2.24, 2.45) is 0 Å². The Kier molecular flexibility index (Phi) is 5.12. The summed E-state index contributed by atoms with van der Waals surface area (Å²) in [5.41, 5.74) is 0.885. The predicted molar refractivity (Wildman–Crippen MR) is 67.2 cm³/mol. The van der Waals surface area contributed by atoms with E-state index in [2.05, 4.69) is 15.9 Å². The fraction of sp³-hybridized carbons (Fsp3) is 0.455. The SMILES string of the molecule is CC(CO)Sc1ccc([C@H](C)O)c(Br)c1. The Morgan fingerprint density at radius 2 is 2.07 bits per heavy atom. The molecule has 0 aliphatic rings. The molecule has 0 saturated heterocycles. The molecule has 0 aromatic heterocycles. The third kappa shape index (κ3) is 3.79. The first-order chi connectivity index (χ1) is 7.04. The van der Waals surface area contributed by atoms with E-state index in [0.717, 1.165) is 14.9 Å². The van der Waals surface area contributed by atoms with Gasteiger partial charge in [-0.2, -0.15) is 0 Å². The van der Waals surface area contributed by atoms with Crippen LogP contribution >= 0.6 is 27.7 Å². The van der Waals surface area contributed by atoms with Gasteiger partial charge in [0.05, 0.1) is 12.7 Å². The summed E-state index contributed by atoms with van der Waals surface area (Å²) in [6, 6.07) is 5.84. The van der Waals surface area contributed by atoms with Crippen molar-refractivity contribution in [2.75, 3.05) is 6.61 Å². The highest BCUT2D eigenvalue weighted by Crippen LogP contribution is 2.30. The maximum absolute atomic E-state index is 9.45. The van der Waals surface area contributed by atoms with Crippen LogP contribution in [-0.4, -0.2) is 22.1 Å². The van der Waals surface area contributed by atoms with Gasteiger partial charge in [0.2, 0.25) is 0 Å². The van der Waals surface area contributed by atoms with Gasteiger partial charge < -0.3 is 10.2 Å². The fourth-order valence-corrected chi connectivity index (χ4v) is 2.92. The molecular weight excluding hydrogens is 276 g/mol. The molecule has 0 amide bonds. The Bertz CT molecular complexity index is 328. The van der Waals surface area contributed by atoms with Crippen LogP contribution in [0.25, 0.3) is 0 Å². The summed E-state index contributed by atoms with van der Waals surface area (Å²) in [6.07, 6.45) is -0.464. The number of aliphatic hydroxyl groups excluding tert-OH is 2. The minimum Gasteiger partial charge on any atom is -0.395 e. The topological polar surface area (TPSA) is 40.5 Å². The molecule has 1 rings (SSSR count). The first kappa shape index (κ1) is 13.0. The fourth-order valence-electron chi connectivity index (χ4n) is 1.19. The molecule has 15 heavy (non-hydrogen) atoms. The smallest absolute Gasteiger partial charge is 0.0772 e. The lowest BCUT2D eigenvalue weighted by Gasteiger charge is -2.11. The Morgan fingerprint density at radius 1 is 1.40 bits per heavy atom. The van der Waals surface area contributed by atoms with E-state index in [9.17, 15) is 5.11 Å². The number of thioether (sulfide) groups is 1. The molecule has 0 saturated carbocycles. The normalized spacial score (nSPS) is 15.0. The monoisotopic (exact) mass is 290 g/mol. The largest absolute Gasteiger partial charge is 0.395 e. The number of halogens is 1. The van der Waals surface area contributed by atoms with E-state index in [1.807, 2.05) is 25.1 Å². The lowest BCUT2D eigenvalue weighted by atomic mass is 10.1. The number of rotatable bonds is 4. The molecule has 0 aliphatic heterocycles. The highest BCUT2D eigenvalue weighted by molar-refractivity contribution is 9.10. The minimum atomic E-state index is -0.464. The highest BCUT2D eigenvalue weighted by atomic mass is 79.9. The van der Waals surface area contributed by atoms with Gasteiger partial charge in [0.25, 0.3) is 0 Å². The number of aliphatic hydroxyl groups is 2. The molecule has 2 nitrogen and oxygen atoms in total. The first-order valence-electron chi connectivity index (χ1n) is 4.79. The average Bonchev–Trinajstić information content (AvgIpc) is 2.17. The van der Waals surface area contributed by atoms with Crippen LogP contribution in [0.4, 0.5) is 0 Å². The summed E-state index contributed by atoms with van der Waals surface area (Å²) in [7, 11) is 0. The summed E-state index contributed by atoms with van der Waals surface area (Å²) in [5.74, 6) is 0. The van der Waals surface area contributed by atoms with Crippen molar-refractivity contribution < 1.29 is 10.2 Å². The van der Waals surface area contributed by atoms with Crippen molar-refractivity contribution in [1.82, 2.24) is 0 Å². The summed E-state index contributed by atoms with van der Waals surface area (Å²) < 4.78 is 0.910. The van der Waals surface area contributed by atoms with Gasteiger partial charge in [-0.05, 0) is 24.6 Å². The van der Waals surface area contributed by atoms with Crippen molar-refractivity contribution in [3.63, 3.8) is 0 Å². The lowest BCUT2D eigenvalue weighted by Crippen LogP contribution is -2.01. The zero-order valence-corrected chi connectivity index (χ0v) is 11.2. The van der Waals surface area contributed by atoms with Crippen molar-refractivity contribution in [3.8, 4) is 0 Å². The van der Waals surface area contributed by atoms with Crippen LogP contribution in [0.15, 0.2) is 27.6 Å². The Labute approximate surface area is 103 Å². The van der Waals surface area contributed by atoms with Crippen LogP contribution in [0, 0.1) is 0 Å². The van der Waals surface area contributed by atoms with Gasteiger partial charge in [-0.15, -0.1) is 11.8 Å². The Balaban J connectivity index is 2.82. The lowest BCUT2D eigenvalue weighted by molar-refractivity contribution is 0.198. The molecule has 84 valence electrons. The third-order valence-electron chi connectivity index (χ3n) is 2.02. The van der Waals surface area contributed by atoms with Gasteiger partial charge in [0, 0.05) is 14.6 Å². The molecule has 0 heterocycles. The molecule has 0 spiro atoms. The zero-order chi connectivity index (χ0) is 11.4. The van der Waals surface area contributed by atoms with Crippen molar-refractivity contribution in [1.29, 1.82) is 0 Å². The van der Waals surface area contributed by atoms with E-state index in [4.69, 9.17) is 5.11 Å². The highest BCUT2D eigenvalue weighted by Gasteiger charge is 2.08. The molecule has 1 aromatic rings. The van der Waals surface area contributed by atoms with E-state index >= 15 is 0 Å². The van der Waals surface area contributed by atoms with E-state index < -0.39 is 6.10 Å². The van der Waals surface area contributed by atoms with Crippen molar-refractivity contribution in [2.45, 2.75) is 30.1 Å². The molecule has 1 aromatic carbocycles. The van der Waals surface area contributed by atoms with Gasteiger partial charge in [0.1, 0.15) is 0 Å². The van der Waals surface area contributed by atoms with Crippen LogP contribution < -0.4 is 0 Å². The maximum atomic E-state index is 9.45. The minimum absolute atomic E-state index is 0.167. The summed E-state index contributed by atoms with van der Waals surface area (Å²) in [4.78, 5) is 1.09. The van der Waals surface area contributed by atoms with Crippen LogP contribution in [0.1, 0.15) is 25.5 Å². The molecule has 1 unspecified atom stereocenters. The molecule has 0 radical (unpaired) electrons. The number of hydrogen-bond donors (Lipinski definition) is 2. The van der Waals surface area contributed by atoms with Crippen molar-refractivity contribution in [3.05, 3.63) is 28.2 Å². The Morgan fingerprint density at radius 3 is 2.53 bits per heavy atom. The molecular formula is C11H15BrO2S. The summed E-state index contributed by atoms with van der Waals surface area (Å²) in [5, 5.41) is 18.6. The second kappa shape index (κ2) is 5.89. The summed E-state index contributed by atoms with van der Waals surface area (Å²) in [6.45, 7) is 3.88. The van der Waals surface area contributed by atoms with Gasteiger partial charge in [-0.1, -0.05) is 28.9 Å². The van der Waals surface area contributed by atoms with Gasteiger partial charge in [-0.25, -0.2) is 0 Å². The van der Waals surface area contributed by atoms with Crippen LogP contribution in [0.5, 0.6) is 0 Å². The Hall–Kier alpha value is -0.0300. The summed E-state index contributed by atoms with van der Waals surface area (Å²) >= 11 is 5.04. The van der Waals surface area contributed by atoms with Gasteiger partial charge in [-0.3, -0.25) is 0 Å². The molecule has 2 atom stereocenters. The van der Waals surface area contributed by atoms with Crippen LogP contribution in [0.2, 0.25) is 0 Å². The average molecular weight is 291 g/mol. The van der Waals surface area contributed by atoms with Crippen LogP contribution in [-0.2, 0) is 0 Å². The van der Waals surface area contributed by atoms with Crippen LogP contribution in [0.3, 0.4) is 0 Å². The number of benzene rings is 1. The molecule has 2 N–H and O–H groups in total.